The summed E-state index contributed by atoms with van der Waals surface area (Å²) >= 11 is 0. The van der Waals surface area contributed by atoms with E-state index < -0.39 is 0 Å². The molecule has 2 aliphatic rings. The van der Waals surface area contributed by atoms with Gasteiger partial charge in [0.15, 0.2) is 0 Å². The average molecular weight is 467 g/mol. The molecular formula is C27H53Y-. The summed E-state index contributed by atoms with van der Waals surface area (Å²) in [5, 5.41) is 0. The normalized spacial score (nSPS) is 41.8. The Hall–Kier alpha value is 0.844. The molecule has 28 heavy (non-hydrogen) atoms. The summed E-state index contributed by atoms with van der Waals surface area (Å²) < 4.78 is 0. The van der Waals surface area contributed by atoms with Crippen LogP contribution in [-0.4, -0.2) is 0 Å². The van der Waals surface area contributed by atoms with E-state index in [1.807, 2.05) is 0 Å². The van der Waals surface area contributed by atoms with Gasteiger partial charge in [-0.2, -0.15) is 6.42 Å². The molecule has 0 unspecified atom stereocenters. The van der Waals surface area contributed by atoms with Gasteiger partial charge < -0.3 is 6.92 Å². The van der Waals surface area contributed by atoms with Crippen molar-refractivity contribution in [2.75, 3.05) is 0 Å². The second kappa shape index (κ2) is 14.8. The zero-order chi connectivity index (χ0) is 21.5. The van der Waals surface area contributed by atoms with Gasteiger partial charge in [-0.05, 0) is 73.0 Å². The van der Waals surface area contributed by atoms with Gasteiger partial charge >= 0.3 is 0 Å². The first-order valence-corrected chi connectivity index (χ1v) is 11.8. The van der Waals surface area contributed by atoms with Crippen LogP contribution in [0.2, 0.25) is 0 Å². The van der Waals surface area contributed by atoms with Crippen LogP contribution >= 0.6 is 0 Å². The molecule has 165 valence electrons. The Bertz CT molecular complexity index is 302. The predicted molar refractivity (Wildman–Crippen MR) is 126 cm³/mol. The Labute approximate surface area is 205 Å². The maximum Gasteiger partial charge on any atom is 0 e. The van der Waals surface area contributed by atoms with Crippen LogP contribution in [0, 0.1) is 66.1 Å². The molecule has 0 aromatic carbocycles. The fourth-order valence-electron chi connectivity index (χ4n) is 5.18. The van der Waals surface area contributed by atoms with Gasteiger partial charge in [0.1, 0.15) is 0 Å². The largest absolute Gasteiger partial charge is 0.343 e. The zero-order valence-corrected chi connectivity index (χ0v) is 24.4. The van der Waals surface area contributed by atoms with Crippen molar-refractivity contribution in [3.05, 3.63) is 18.6 Å². The van der Waals surface area contributed by atoms with Gasteiger partial charge in [0, 0.05) is 32.7 Å². The van der Waals surface area contributed by atoms with Crippen LogP contribution in [0.1, 0.15) is 95.9 Å². The molecular weight excluding hydrogens is 413 g/mol. The van der Waals surface area contributed by atoms with E-state index in [-0.39, 0.29) is 32.7 Å². The SMILES string of the molecule is CC1C(C)C(C)C(C)C1C.CC1C(C)C(C)C(C)C1C.[CH2-]CCC=C(C)C.[Y]. The van der Waals surface area contributed by atoms with E-state index in [1.165, 1.54) is 5.57 Å². The molecule has 1 radical (unpaired) electrons. The quantitative estimate of drug-likeness (QED) is 0.281. The van der Waals surface area contributed by atoms with Crippen LogP contribution in [0.5, 0.6) is 0 Å². The fraction of sp³-hybridized carbons (Fsp3) is 0.889. The summed E-state index contributed by atoms with van der Waals surface area (Å²) in [5.41, 5.74) is 1.39. The van der Waals surface area contributed by atoms with E-state index >= 15 is 0 Å². The van der Waals surface area contributed by atoms with Crippen molar-refractivity contribution in [2.45, 2.75) is 95.9 Å². The molecule has 0 aromatic rings. The Morgan fingerprint density at radius 1 is 0.536 bits per heavy atom. The molecule has 0 N–H and O–H groups in total. The van der Waals surface area contributed by atoms with Gasteiger partial charge in [-0.25, -0.2) is 0 Å². The fourth-order valence-corrected chi connectivity index (χ4v) is 5.18. The zero-order valence-electron chi connectivity index (χ0n) is 21.5. The van der Waals surface area contributed by atoms with Gasteiger partial charge in [-0.3, -0.25) is 0 Å². The van der Waals surface area contributed by atoms with E-state index in [9.17, 15) is 0 Å². The second-order valence-corrected chi connectivity index (χ2v) is 10.5. The van der Waals surface area contributed by atoms with Crippen LogP contribution in [0.4, 0.5) is 0 Å². The van der Waals surface area contributed by atoms with Crippen molar-refractivity contribution in [1.29, 1.82) is 0 Å². The standard InChI is InChI=1S/2C10H20.C7H13.Y/c2*1-6-7(2)9(4)10(5)8(6)3;1-4-5-6-7(2)3;/h2*6-10H,1-5H3;6H,1,4-5H2,2-3H3;/q;;-1;. The maximum atomic E-state index is 3.71. The van der Waals surface area contributed by atoms with Gasteiger partial charge in [0.05, 0.1) is 0 Å². The monoisotopic (exact) mass is 466 g/mol. The third-order valence-corrected chi connectivity index (χ3v) is 9.05. The topological polar surface area (TPSA) is 0 Å². The molecule has 0 nitrogen and oxygen atoms in total. The minimum Gasteiger partial charge on any atom is -0.343 e. The van der Waals surface area contributed by atoms with Crippen LogP contribution < -0.4 is 0 Å². The Morgan fingerprint density at radius 3 is 0.786 bits per heavy atom. The van der Waals surface area contributed by atoms with Gasteiger partial charge in [0.25, 0.3) is 0 Å². The van der Waals surface area contributed by atoms with E-state index in [1.54, 1.807) is 0 Å². The molecule has 1 heteroatoms. The summed E-state index contributed by atoms with van der Waals surface area (Å²) in [7, 11) is 0. The molecule has 2 aliphatic carbocycles. The summed E-state index contributed by atoms with van der Waals surface area (Å²) in [6.45, 7) is 31.9. The van der Waals surface area contributed by atoms with Crippen molar-refractivity contribution in [1.82, 2.24) is 0 Å². The van der Waals surface area contributed by atoms with E-state index in [4.69, 9.17) is 0 Å². The molecule has 2 saturated carbocycles. The first-order chi connectivity index (χ1) is 12.4. The van der Waals surface area contributed by atoms with Crippen LogP contribution in [0.25, 0.3) is 0 Å². The molecule has 0 saturated heterocycles. The first kappa shape index (κ1) is 31.0. The van der Waals surface area contributed by atoms with E-state index in [2.05, 4.69) is 96.1 Å². The number of unbranched alkanes of at least 4 members (excludes halogenated alkanes) is 1. The molecule has 0 amide bonds. The molecule has 0 spiro atoms. The summed E-state index contributed by atoms with van der Waals surface area (Å²) in [5.74, 6) is 9.35. The molecule has 0 bridgehead atoms. The van der Waals surface area contributed by atoms with Crippen molar-refractivity contribution in [2.24, 2.45) is 59.2 Å². The van der Waals surface area contributed by atoms with Crippen molar-refractivity contribution in [3.63, 3.8) is 0 Å². The smallest absolute Gasteiger partial charge is 0 e. The number of rotatable bonds is 2. The third kappa shape index (κ3) is 8.92. The molecule has 2 fully saturated rings. The van der Waals surface area contributed by atoms with E-state index in [0.29, 0.717) is 0 Å². The minimum atomic E-state index is 0. The summed E-state index contributed by atoms with van der Waals surface area (Å²) in [6.07, 6.45) is 4.35. The number of hydrogen-bond donors (Lipinski definition) is 0. The summed E-state index contributed by atoms with van der Waals surface area (Å²) in [6, 6.07) is 0. The van der Waals surface area contributed by atoms with Crippen molar-refractivity contribution in [3.8, 4) is 0 Å². The molecule has 0 aromatic heterocycles. The molecule has 0 aliphatic heterocycles. The molecule has 0 atom stereocenters. The molecule has 0 heterocycles. The maximum absolute atomic E-state index is 3.71. The minimum absolute atomic E-state index is 0. The van der Waals surface area contributed by atoms with Gasteiger partial charge in [-0.15, -0.1) is 0 Å². The van der Waals surface area contributed by atoms with Crippen LogP contribution in [0.3, 0.4) is 0 Å². The van der Waals surface area contributed by atoms with Crippen molar-refractivity contribution >= 4 is 0 Å². The van der Waals surface area contributed by atoms with Crippen LogP contribution in [0.15, 0.2) is 11.6 Å². The predicted octanol–water partition coefficient (Wildman–Crippen LogP) is 8.93. The van der Waals surface area contributed by atoms with E-state index in [0.717, 1.165) is 72.0 Å². The van der Waals surface area contributed by atoms with Crippen molar-refractivity contribution < 1.29 is 32.7 Å². The Morgan fingerprint density at radius 2 is 0.714 bits per heavy atom. The van der Waals surface area contributed by atoms with Gasteiger partial charge in [-0.1, -0.05) is 87.3 Å². The number of allylic oxidation sites excluding steroid dienone is 2. The summed E-state index contributed by atoms with van der Waals surface area (Å²) in [4.78, 5) is 0. The third-order valence-electron chi connectivity index (χ3n) is 9.05. The van der Waals surface area contributed by atoms with Crippen LogP contribution in [-0.2, 0) is 32.7 Å². The average Bonchev–Trinajstić information content (AvgIpc) is 2.91. The second-order valence-electron chi connectivity index (χ2n) is 10.5. The Kier molecular flexibility index (Phi) is 16.4. The first-order valence-electron chi connectivity index (χ1n) is 11.8. The van der Waals surface area contributed by atoms with Gasteiger partial charge in [0.2, 0.25) is 0 Å². The number of hydrogen-bond acceptors (Lipinski definition) is 0. The molecule has 2 rings (SSSR count). The Balaban J connectivity index is 0.